The molecule has 1 aliphatic heterocycles. The Labute approximate surface area is 180 Å². The number of fused-ring (bicyclic) bond motifs is 1. The first-order valence-electron chi connectivity index (χ1n) is 10.7. The Hall–Kier alpha value is -1.85. The Morgan fingerprint density at radius 1 is 1.21 bits per heavy atom. The summed E-state index contributed by atoms with van der Waals surface area (Å²) in [4.78, 5) is 15.3. The highest BCUT2D eigenvalue weighted by Gasteiger charge is 2.31. The van der Waals surface area contributed by atoms with Gasteiger partial charge in [-0.15, -0.1) is 12.4 Å². The van der Waals surface area contributed by atoms with Crippen LogP contribution in [0.25, 0.3) is 5.69 Å². The van der Waals surface area contributed by atoms with Crippen molar-refractivity contribution in [1.82, 2.24) is 20.0 Å². The maximum absolute atomic E-state index is 13.3. The van der Waals surface area contributed by atoms with E-state index >= 15 is 0 Å². The minimum atomic E-state index is 0. The molecule has 4 rings (SSSR count). The van der Waals surface area contributed by atoms with Crippen molar-refractivity contribution in [2.75, 3.05) is 26.7 Å². The molecule has 1 N–H and O–H groups in total. The second-order valence-corrected chi connectivity index (χ2v) is 8.46. The van der Waals surface area contributed by atoms with Crippen molar-refractivity contribution < 1.29 is 4.79 Å². The van der Waals surface area contributed by atoms with E-state index in [0.29, 0.717) is 5.69 Å². The summed E-state index contributed by atoms with van der Waals surface area (Å²) in [6.45, 7) is 7.02. The van der Waals surface area contributed by atoms with Crippen LogP contribution in [0.1, 0.15) is 58.6 Å². The van der Waals surface area contributed by atoms with Gasteiger partial charge < -0.3 is 10.2 Å². The first-order chi connectivity index (χ1) is 13.6. The van der Waals surface area contributed by atoms with Gasteiger partial charge in [0.15, 0.2) is 5.69 Å². The van der Waals surface area contributed by atoms with Crippen LogP contribution in [-0.4, -0.2) is 47.3 Å². The molecule has 1 fully saturated rings. The zero-order chi connectivity index (χ0) is 19.7. The molecule has 0 saturated carbocycles. The first-order valence-corrected chi connectivity index (χ1v) is 10.7. The summed E-state index contributed by atoms with van der Waals surface area (Å²) >= 11 is 0. The molecule has 1 aromatic carbocycles. The minimum Gasteiger partial charge on any atom is -0.337 e. The zero-order valence-electron chi connectivity index (χ0n) is 17.8. The molecule has 0 radical (unpaired) electrons. The van der Waals surface area contributed by atoms with Gasteiger partial charge in [-0.1, -0.05) is 17.7 Å². The molecule has 2 heterocycles. The van der Waals surface area contributed by atoms with Crippen LogP contribution in [0, 0.1) is 19.8 Å². The molecule has 5 nitrogen and oxygen atoms in total. The number of hydrogen-bond acceptors (Lipinski definition) is 3. The summed E-state index contributed by atoms with van der Waals surface area (Å²) in [5, 5.41) is 8.09. The maximum atomic E-state index is 13.3. The van der Waals surface area contributed by atoms with Crippen molar-refractivity contribution in [2.24, 2.45) is 5.92 Å². The van der Waals surface area contributed by atoms with Gasteiger partial charge in [-0.25, -0.2) is 4.68 Å². The summed E-state index contributed by atoms with van der Waals surface area (Å²) in [6.07, 6.45) is 6.51. The molecule has 2 aliphatic rings. The Morgan fingerprint density at radius 3 is 2.66 bits per heavy atom. The molecule has 1 aromatic heterocycles. The van der Waals surface area contributed by atoms with Crippen molar-refractivity contribution in [1.29, 1.82) is 0 Å². The van der Waals surface area contributed by atoms with Gasteiger partial charge >= 0.3 is 0 Å². The van der Waals surface area contributed by atoms with Crippen molar-refractivity contribution in [3.63, 3.8) is 0 Å². The fraction of sp³-hybridized carbons (Fsp3) is 0.565. The maximum Gasteiger partial charge on any atom is 0.274 e. The summed E-state index contributed by atoms with van der Waals surface area (Å²) in [5.74, 6) is 0.865. The number of nitrogens with zero attached hydrogens (tertiary/aromatic N) is 3. The van der Waals surface area contributed by atoms with Gasteiger partial charge in [-0.05, 0) is 83.5 Å². The minimum absolute atomic E-state index is 0. The Morgan fingerprint density at radius 2 is 1.97 bits per heavy atom. The molecular weight excluding hydrogens is 384 g/mol. The van der Waals surface area contributed by atoms with Crippen molar-refractivity contribution in [2.45, 2.75) is 52.4 Å². The van der Waals surface area contributed by atoms with E-state index in [1.54, 1.807) is 0 Å². The van der Waals surface area contributed by atoms with Crippen LogP contribution in [0.4, 0.5) is 0 Å². The van der Waals surface area contributed by atoms with Gasteiger partial charge in [0.25, 0.3) is 5.91 Å². The lowest BCUT2D eigenvalue weighted by Gasteiger charge is -2.31. The first kappa shape index (κ1) is 21.8. The molecule has 2 aromatic rings. The van der Waals surface area contributed by atoms with E-state index in [-0.39, 0.29) is 18.3 Å². The smallest absolute Gasteiger partial charge is 0.274 e. The van der Waals surface area contributed by atoms with Crippen LogP contribution in [0.15, 0.2) is 18.2 Å². The van der Waals surface area contributed by atoms with Crippen molar-refractivity contribution >= 4 is 18.3 Å². The third-order valence-electron chi connectivity index (χ3n) is 6.42. The number of rotatable bonds is 5. The average molecular weight is 417 g/mol. The van der Waals surface area contributed by atoms with Crippen LogP contribution in [0.5, 0.6) is 0 Å². The predicted molar refractivity (Wildman–Crippen MR) is 119 cm³/mol. The average Bonchev–Trinajstić information content (AvgIpc) is 3.29. The second-order valence-electron chi connectivity index (χ2n) is 8.46. The number of carbonyl (C=O) groups excluding carboxylic acids is 1. The van der Waals surface area contributed by atoms with Gasteiger partial charge in [0.05, 0.1) is 5.69 Å². The van der Waals surface area contributed by atoms with Gasteiger partial charge in [-0.2, -0.15) is 5.10 Å². The number of benzene rings is 1. The number of aromatic nitrogens is 2. The van der Waals surface area contributed by atoms with Crippen LogP contribution in [0.2, 0.25) is 0 Å². The standard InChI is InChI=1S/C23H32N4O.ClH/c1-16-7-8-20(17(2)15-16)27-21-6-4-5-19(21)22(25-27)23(28)26-13-10-18(11-14-26)9-12-24-3;/h7-8,15,18,24H,4-6,9-14H2,1-3H3;1H. The lowest BCUT2D eigenvalue weighted by molar-refractivity contribution is 0.0679. The van der Waals surface area contributed by atoms with E-state index in [1.807, 2.05) is 16.6 Å². The fourth-order valence-electron chi connectivity index (χ4n) is 4.77. The van der Waals surface area contributed by atoms with E-state index in [0.717, 1.165) is 63.3 Å². The molecule has 6 heteroatoms. The number of nitrogens with one attached hydrogen (secondary N) is 1. The molecule has 29 heavy (non-hydrogen) atoms. The van der Waals surface area contributed by atoms with E-state index in [4.69, 9.17) is 5.10 Å². The number of halogens is 1. The van der Waals surface area contributed by atoms with Gasteiger partial charge in [-0.3, -0.25) is 4.79 Å². The quantitative estimate of drug-likeness (QED) is 0.805. The fourth-order valence-corrected chi connectivity index (χ4v) is 4.77. The van der Waals surface area contributed by atoms with E-state index in [2.05, 4.69) is 37.4 Å². The van der Waals surface area contributed by atoms with Crippen LogP contribution < -0.4 is 5.32 Å². The van der Waals surface area contributed by atoms with Crippen LogP contribution >= 0.6 is 12.4 Å². The highest BCUT2D eigenvalue weighted by molar-refractivity contribution is 5.94. The van der Waals surface area contributed by atoms with Crippen LogP contribution in [-0.2, 0) is 12.8 Å². The molecule has 0 bridgehead atoms. The second kappa shape index (κ2) is 9.31. The van der Waals surface area contributed by atoms with Crippen molar-refractivity contribution in [3.05, 3.63) is 46.3 Å². The SMILES string of the molecule is CNCCC1CCN(C(=O)c2nn(-c3ccc(C)cc3C)c3c2CCC3)CC1.Cl. The van der Waals surface area contributed by atoms with Gasteiger partial charge in [0, 0.05) is 24.3 Å². The lowest BCUT2D eigenvalue weighted by atomic mass is 9.93. The molecule has 0 atom stereocenters. The Kier molecular flexibility index (Phi) is 7.01. The predicted octanol–water partition coefficient (Wildman–Crippen LogP) is 3.86. The van der Waals surface area contributed by atoms with Gasteiger partial charge in [0.1, 0.15) is 0 Å². The normalized spacial score (nSPS) is 16.6. The Balaban J connectivity index is 0.00000240. The van der Waals surface area contributed by atoms with E-state index in [1.165, 1.54) is 28.8 Å². The molecule has 1 saturated heterocycles. The monoisotopic (exact) mass is 416 g/mol. The molecular formula is C23H33ClN4O. The highest BCUT2D eigenvalue weighted by atomic mass is 35.5. The topological polar surface area (TPSA) is 50.2 Å². The summed E-state index contributed by atoms with van der Waals surface area (Å²) in [5.41, 5.74) is 6.68. The number of piperidine rings is 1. The molecule has 158 valence electrons. The van der Waals surface area contributed by atoms with E-state index < -0.39 is 0 Å². The third-order valence-corrected chi connectivity index (χ3v) is 6.42. The summed E-state index contributed by atoms with van der Waals surface area (Å²) < 4.78 is 2.05. The molecule has 1 amide bonds. The largest absolute Gasteiger partial charge is 0.337 e. The highest BCUT2D eigenvalue weighted by Crippen LogP contribution is 2.31. The molecule has 1 aliphatic carbocycles. The number of likely N-dealkylation sites (tertiary alicyclic amines) is 1. The number of aryl methyl sites for hydroxylation is 2. The third kappa shape index (κ3) is 4.36. The number of carbonyl (C=O) groups is 1. The number of amides is 1. The van der Waals surface area contributed by atoms with Crippen molar-refractivity contribution in [3.8, 4) is 5.69 Å². The summed E-state index contributed by atoms with van der Waals surface area (Å²) in [7, 11) is 2.01. The zero-order valence-corrected chi connectivity index (χ0v) is 18.6. The van der Waals surface area contributed by atoms with Gasteiger partial charge in [0.2, 0.25) is 0 Å². The Bertz CT molecular complexity index is 868. The molecule has 0 unspecified atom stereocenters. The van der Waals surface area contributed by atoms with E-state index in [9.17, 15) is 4.79 Å². The summed E-state index contributed by atoms with van der Waals surface area (Å²) in [6, 6.07) is 6.45. The van der Waals surface area contributed by atoms with Crippen LogP contribution in [0.3, 0.4) is 0 Å². The molecule has 0 spiro atoms. The number of hydrogen-bond donors (Lipinski definition) is 1. The lowest BCUT2D eigenvalue weighted by Crippen LogP contribution is -2.39.